The number of nitrogens with one attached hydrogen (secondary N) is 1. The van der Waals surface area contributed by atoms with Crippen molar-refractivity contribution < 1.29 is 17.6 Å². The van der Waals surface area contributed by atoms with Crippen LogP contribution in [-0.2, 0) is 12.6 Å². The molecule has 27 heavy (non-hydrogen) atoms. The fourth-order valence-electron chi connectivity index (χ4n) is 3.29. The van der Waals surface area contributed by atoms with E-state index < -0.39 is 11.7 Å². The van der Waals surface area contributed by atoms with Gasteiger partial charge in [-0.3, -0.25) is 0 Å². The molecule has 3 rings (SSSR count). The van der Waals surface area contributed by atoms with E-state index in [2.05, 4.69) is 5.32 Å². The van der Waals surface area contributed by atoms with Crippen molar-refractivity contribution in [2.24, 2.45) is 0 Å². The Bertz CT molecular complexity index is 918. The van der Waals surface area contributed by atoms with Crippen molar-refractivity contribution in [1.82, 2.24) is 5.32 Å². The lowest BCUT2D eigenvalue weighted by molar-refractivity contribution is -0.137. The lowest BCUT2D eigenvalue weighted by Crippen LogP contribution is -2.20. The highest BCUT2D eigenvalue weighted by molar-refractivity contribution is 5.86. The van der Waals surface area contributed by atoms with Crippen LogP contribution in [0.5, 0.6) is 0 Å². The summed E-state index contributed by atoms with van der Waals surface area (Å²) in [6, 6.07) is 16.1. The highest BCUT2D eigenvalue weighted by Gasteiger charge is 2.30. The van der Waals surface area contributed by atoms with Crippen LogP contribution in [0, 0.1) is 5.82 Å². The van der Waals surface area contributed by atoms with Crippen LogP contribution < -0.4 is 5.32 Å². The molecule has 0 amide bonds. The molecule has 0 aromatic heterocycles. The molecule has 3 aromatic rings. The van der Waals surface area contributed by atoms with Gasteiger partial charge in [-0.1, -0.05) is 48.5 Å². The summed E-state index contributed by atoms with van der Waals surface area (Å²) in [5, 5.41) is 4.84. The maximum Gasteiger partial charge on any atom is 0.416 e. The predicted octanol–water partition coefficient (Wildman–Crippen LogP) is 6.28. The van der Waals surface area contributed by atoms with E-state index in [4.69, 9.17) is 0 Å². The summed E-state index contributed by atoms with van der Waals surface area (Å²) in [4.78, 5) is 0. The van der Waals surface area contributed by atoms with Gasteiger partial charge in [-0.15, -0.1) is 0 Å². The molecular weight excluding hydrogens is 354 g/mol. The SMILES string of the molecule is C[C@@H](NCCCc1cccc(C(F)(F)F)c1)c1ccc(F)c2ccccc12. The molecule has 1 nitrogen and oxygen atoms in total. The van der Waals surface area contributed by atoms with Crippen LogP contribution in [0.25, 0.3) is 10.8 Å². The first-order chi connectivity index (χ1) is 12.9. The van der Waals surface area contributed by atoms with Crippen LogP contribution in [0.4, 0.5) is 17.6 Å². The third-order valence-corrected chi connectivity index (χ3v) is 4.72. The first kappa shape index (κ1) is 19.4. The average molecular weight is 375 g/mol. The van der Waals surface area contributed by atoms with Crippen molar-refractivity contribution in [2.75, 3.05) is 6.54 Å². The molecule has 0 saturated heterocycles. The third kappa shape index (κ3) is 4.66. The Morgan fingerprint density at radius 3 is 2.41 bits per heavy atom. The Morgan fingerprint density at radius 1 is 0.926 bits per heavy atom. The number of hydrogen-bond acceptors (Lipinski definition) is 1. The molecule has 142 valence electrons. The van der Waals surface area contributed by atoms with Crippen molar-refractivity contribution in [2.45, 2.75) is 32.0 Å². The van der Waals surface area contributed by atoms with E-state index >= 15 is 0 Å². The normalized spacial score (nSPS) is 13.1. The predicted molar refractivity (Wildman–Crippen MR) is 100 cm³/mol. The van der Waals surface area contributed by atoms with E-state index in [-0.39, 0.29) is 11.9 Å². The molecule has 0 aliphatic heterocycles. The second-order valence-corrected chi connectivity index (χ2v) is 6.66. The Labute approximate surface area is 156 Å². The second-order valence-electron chi connectivity index (χ2n) is 6.66. The molecule has 3 aromatic carbocycles. The van der Waals surface area contributed by atoms with Gasteiger partial charge >= 0.3 is 6.18 Å². The molecule has 0 heterocycles. The van der Waals surface area contributed by atoms with E-state index in [0.717, 1.165) is 17.0 Å². The minimum Gasteiger partial charge on any atom is -0.310 e. The molecule has 0 spiro atoms. The van der Waals surface area contributed by atoms with Crippen molar-refractivity contribution in [3.05, 3.63) is 83.2 Å². The molecule has 0 radical (unpaired) electrons. The van der Waals surface area contributed by atoms with Crippen molar-refractivity contribution >= 4 is 10.8 Å². The number of benzene rings is 3. The summed E-state index contributed by atoms with van der Waals surface area (Å²) in [7, 11) is 0. The number of alkyl halides is 3. The van der Waals surface area contributed by atoms with Gasteiger partial charge in [-0.25, -0.2) is 4.39 Å². The van der Waals surface area contributed by atoms with Crippen molar-refractivity contribution in [1.29, 1.82) is 0 Å². The van der Waals surface area contributed by atoms with Gasteiger partial charge in [0.25, 0.3) is 0 Å². The van der Waals surface area contributed by atoms with Gasteiger partial charge in [0, 0.05) is 11.4 Å². The van der Waals surface area contributed by atoms with E-state index in [1.165, 1.54) is 18.2 Å². The summed E-state index contributed by atoms with van der Waals surface area (Å²) < 4.78 is 52.2. The zero-order chi connectivity index (χ0) is 19.4. The summed E-state index contributed by atoms with van der Waals surface area (Å²) >= 11 is 0. The second kappa shape index (κ2) is 8.09. The number of fused-ring (bicyclic) bond motifs is 1. The monoisotopic (exact) mass is 375 g/mol. The largest absolute Gasteiger partial charge is 0.416 e. The van der Waals surface area contributed by atoms with Gasteiger partial charge in [0.05, 0.1) is 5.56 Å². The van der Waals surface area contributed by atoms with Crippen LogP contribution in [0.15, 0.2) is 60.7 Å². The standard InChI is InChI=1S/C22H21F4N/c1-15(18-11-12-21(23)20-10-3-2-9-19(18)20)27-13-5-7-16-6-4-8-17(14-16)22(24,25)26/h2-4,6,8-12,14-15,27H,5,7,13H2,1H3/t15-/m1/s1. The number of rotatable bonds is 6. The van der Waals surface area contributed by atoms with E-state index in [9.17, 15) is 17.6 Å². The van der Waals surface area contributed by atoms with Gasteiger partial charge in [0.1, 0.15) is 5.82 Å². The molecule has 0 aliphatic rings. The maximum atomic E-state index is 13.9. The van der Waals surface area contributed by atoms with Crippen LogP contribution in [0.3, 0.4) is 0 Å². The minimum atomic E-state index is -4.31. The Hall–Kier alpha value is -2.40. The zero-order valence-corrected chi connectivity index (χ0v) is 15.0. The van der Waals surface area contributed by atoms with Crippen LogP contribution >= 0.6 is 0 Å². The first-order valence-electron chi connectivity index (χ1n) is 8.93. The van der Waals surface area contributed by atoms with E-state index in [0.29, 0.717) is 30.3 Å². The molecule has 0 unspecified atom stereocenters. The third-order valence-electron chi connectivity index (χ3n) is 4.72. The lowest BCUT2D eigenvalue weighted by Gasteiger charge is -2.17. The Balaban J connectivity index is 1.60. The van der Waals surface area contributed by atoms with Gasteiger partial charge < -0.3 is 5.32 Å². The fraction of sp³-hybridized carbons (Fsp3) is 0.273. The highest BCUT2D eigenvalue weighted by atomic mass is 19.4. The zero-order valence-electron chi connectivity index (χ0n) is 15.0. The Kier molecular flexibility index (Phi) is 5.80. The minimum absolute atomic E-state index is 0.0111. The molecule has 0 bridgehead atoms. The Morgan fingerprint density at radius 2 is 1.67 bits per heavy atom. The molecular formula is C22H21F4N. The average Bonchev–Trinajstić information content (AvgIpc) is 2.65. The topological polar surface area (TPSA) is 12.0 Å². The summed E-state index contributed by atoms with van der Waals surface area (Å²) in [5.74, 6) is -0.244. The molecule has 1 N–H and O–H groups in total. The van der Waals surface area contributed by atoms with Gasteiger partial charge in [0.15, 0.2) is 0 Å². The van der Waals surface area contributed by atoms with Crippen molar-refractivity contribution in [3.8, 4) is 0 Å². The molecule has 5 heteroatoms. The van der Waals surface area contributed by atoms with Gasteiger partial charge in [-0.05, 0) is 55.0 Å². The molecule has 0 aliphatic carbocycles. The summed E-state index contributed by atoms with van der Waals surface area (Å²) in [5.41, 5.74) is 1.07. The summed E-state index contributed by atoms with van der Waals surface area (Å²) in [6.45, 7) is 2.66. The van der Waals surface area contributed by atoms with Crippen LogP contribution in [0.2, 0.25) is 0 Å². The molecule has 0 fully saturated rings. The fourth-order valence-corrected chi connectivity index (χ4v) is 3.29. The number of aryl methyl sites for hydroxylation is 1. The van der Waals surface area contributed by atoms with Gasteiger partial charge in [0.2, 0.25) is 0 Å². The van der Waals surface area contributed by atoms with E-state index in [1.807, 2.05) is 25.1 Å². The number of halogens is 4. The maximum absolute atomic E-state index is 13.9. The van der Waals surface area contributed by atoms with E-state index in [1.54, 1.807) is 18.2 Å². The van der Waals surface area contributed by atoms with Crippen molar-refractivity contribution in [3.63, 3.8) is 0 Å². The van der Waals surface area contributed by atoms with Gasteiger partial charge in [-0.2, -0.15) is 13.2 Å². The molecule has 1 atom stereocenters. The number of hydrogen-bond donors (Lipinski definition) is 1. The highest BCUT2D eigenvalue weighted by Crippen LogP contribution is 2.30. The van der Waals surface area contributed by atoms with Crippen LogP contribution in [0.1, 0.15) is 36.1 Å². The van der Waals surface area contributed by atoms with Crippen LogP contribution in [-0.4, -0.2) is 6.54 Å². The smallest absolute Gasteiger partial charge is 0.310 e. The molecule has 0 saturated carbocycles. The summed E-state index contributed by atoms with van der Waals surface area (Å²) in [6.07, 6.45) is -3.04. The quantitative estimate of drug-likeness (QED) is 0.395. The lowest BCUT2D eigenvalue weighted by atomic mass is 9.99. The first-order valence-corrected chi connectivity index (χ1v) is 8.93.